The average molecular weight is 259 g/mol. The summed E-state index contributed by atoms with van der Waals surface area (Å²) in [6.45, 7) is 2.90. The van der Waals surface area contributed by atoms with Crippen molar-refractivity contribution in [3.8, 4) is 11.5 Å². The fourth-order valence-corrected chi connectivity index (χ4v) is 2.05. The van der Waals surface area contributed by atoms with Crippen molar-refractivity contribution in [3.05, 3.63) is 29.3 Å². The molecule has 1 aliphatic carbocycles. The Kier molecular flexibility index (Phi) is 3.15. The van der Waals surface area contributed by atoms with Crippen LogP contribution in [-0.4, -0.2) is 25.2 Å². The number of fused-ring (bicyclic) bond motifs is 1. The number of hydrogen-bond donors (Lipinski definition) is 1. The molecule has 3 rings (SSSR count). The molecule has 0 radical (unpaired) electrons. The van der Waals surface area contributed by atoms with Crippen LogP contribution >= 0.6 is 0 Å². The number of rotatable bonds is 4. The lowest BCUT2D eigenvalue weighted by atomic mass is 10.1. The van der Waals surface area contributed by atoms with Gasteiger partial charge in [-0.05, 0) is 44.0 Å². The van der Waals surface area contributed by atoms with Crippen molar-refractivity contribution >= 4 is 12.0 Å². The summed E-state index contributed by atoms with van der Waals surface area (Å²) in [7, 11) is 0. The Bertz CT molecular complexity index is 532. The molecule has 1 amide bonds. The van der Waals surface area contributed by atoms with Gasteiger partial charge >= 0.3 is 0 Å². The third kappa shape index (κ3) is 2.72. The Morgan fingerprint density at radius 1 is 1.47 bits per heavy atom. The SMILES string of the molecule is CCOc1ccc2c(c1)C=C(C(=O)NC1CC1)CO2. The maximum atomic E-state index is 12.0. The zero-order chi connectivity index (χ0) is 13.2. The Morgan fingerprint density at radius 2 is 2.32 bits per heavy atom. The Morgan fingerprint density at radius 3 is 3.05 bits per heavy atom. The Hall–Kier alpha value is -1.97. The predicted molar refractivity (Wildman–Crippen MR) is 72.2 cm³/mol. The summed E-state index contributed by atoms with van der Waals surface area (Å²) in [4.78, 5) is 12.0. The van der Waals surface area contributed by atoms with Gasteiger partial charge in [-0.2, -0.15) is 0 Å². The number of carbonyl (C=O) groups is 1. The fourth-order valence-electron chi connectivity index (χ4n) is 2.05. The Labute approximate surface area is 112 Å². The largest absolute Gasteiger partial charge is 0.494 e. The molecule has 4 nitrogen and oxygen atoms in total. The second kappa shape index (κ2) is 4.96. The van der Waals surface area contributed by atoms with Crippen LogP contribution in [0.1, 0.15) is 25.3 Å². The highest BCUT2D eigenvalue weighted by Crippen LogP contribution is 2.30. The molecule has 1 heterocycles. The second-order valence-corrected chi connectivity index (χ2v) is 4.84. The van der Waals surface area contributed by atoms with Gasteiger partial charge in [0.2, 0.25) is 0 Å². The van der Waals surface area contributed by atoms with Crippen molar-refractivity contribution in [2.75, 3.05) is 13.2 Å². The van der Waals surface area contributed by atoms with Gasteiger partial charge in [0.1, 0.15) is 18.1 Å². The number of carbonyl (C=O) groups excluding carboxylic acids is 1. The minimum atomic E-state index is -0.0186. The van der Waals surface area contributed by atoms with Crippen molar-refractivity contribution in [3.63, 3.8) is 0 Å². The van der Waals surface area contributed by atoms with Crippen LogP contribution in [0.5, 0.6) is 11.5 Å². The topological polar surface area (TPSA) is 47.6 Å². The molecule has 0 spiro atoms. The van der Waals surface area contributed by atoms with E-state index in [1.54, 1.807) is 0 Å². The van der Waals surface area contributed by atoms with Gasteiger partial charge < -0.3 is 14.8 Å². The number of ether oxygens (including phenoxy) is 2. The number of benzene rings is 1. The molecule has 1 aromatic rings. The quantitative estimate of drug-likeness (QED) is 0.901. The summed E-state index contributed by atoms with van der Waals surface area (Å²) in [5.41, 5.74) is 1.58. The summed E-state index contributed by atoms with van der Waals surface area (Å²) in [5.74, 6) is 1.58. The molecule has 1 N–H and O–H groups in total. The molecule has 1 aliphatic heterocycles. The maximum Gasteiger partial charge on any atom is 0.250 e. The van der Waals surface area contributed by atoms with Gasteiger partial charge in [0.25, 0.3) is 5.91 Å². The van der Waals surface area contributed by atoms with E-state index in [9.17, 15) is 4.79 Å². The van der Waals surface area contributed by atoms with Crippen molar-refractivity contribution in [2.24, 2.45) is 0 Å². The average Bonchev–Trinajstić information content (AvgIpc) is 3.22. The van der Waals surface area contributed by atoms with E-state index in [0.29, 0.717) is 24.8 Å². The van der Waals surface area contributed by atoms with Crippen molar-refractivity contribution in [1.29, 1.82) is 0 Å². The highest BCUT2D eigenvalue weighted by Gasteiger charge is 2.26. The molecule has 0 unspecified atom stereocenters. The molecule has 1 aromatic carbocycles. The van der Waals surface area contributed by atoms with Gasteiger partial charge in [-0.25, -0.2) is 0 Å². The minimum absolute atomic E-state index is 0.0186. The van der Waals surface area contributed by atoms with Crippen LogP contribution in [0.2, 0.25) is 0 Å². The van der Waals surface area contributed by atoms with Crippen molar-refractivity contribution in [2.45, 2.75) is 25.8 Å². The Balaban J connectivity index is 1.81. The van der Waals surface area contributed by atoms with Crippen LogP contribution < -0.4 is 14.8 Å². The van der Waals surface area contributed by atoms with Crippen LogP contribution in [-0.2, 0) is 4.79 Å². The first-order valence-corrected chi connectivity index (χ1v) is 6.67. The van der Waals surface area contributed by atoms with E-state index in [1.165, 1.54) is 0 Å². The number of nitrogens with one attached hydrogen (secondary N) is 1. The maximum absolute atomic E-state index is 12.0. The zero-order valence-corrected chi connectivity index (χ0v) is 10.9. The van der Waals surface area contributed by atoms with E-state index in [0.717, 1.165) is 29.9 Å². The van der Waals surface area contributed by atoms with Crippen molar-refractivity contribution < 1.29 is 14.3 Å². The van der Waals surface area contributed by atoms with E-state index in [1.807, 2.05) is 31.2 Å². The monoisotopic (exact) mass is 259 g/mol. The first-order chi connectivity index (χ1) is 9.26. The molecular weight excluding hydrogens is 242 g/mol. The molecule has 4 heteroatoms. The normalized spacial score (nSPS) is 17.0. The second-order valence-electron chi connectivity index (χ2n) is 4.84. The van der Waals surface area contributed by atoms with E-state index in [2.05, 4.69) is 5.32 Å². The molecule has 1 fully saturated rings. The van der Waals surface area contributed by atoms with Crippen LogP contribution in [0.3, 0.4) is 0 Å². The van der Waals surface area contributed by atoms with Gasteiger partial charge in [-0.3, -0.25) is 4.79 Å². The summed E-state index contributed by atoms with van der Waals surface area (Å²) >= 11 is 0. The third-order valence-electron chi connectivity index (χ3n) is 3.21. The van der Waals surface area contributed by atoms with E-state index in [4.69, 9.17) is 9.47 Å². The summed E-state index contributed by atoms with van der Waals surface area (Å²) < 4.78 is 11.1. The van der Waals surface area contributed by atoms with Crippen LogP contribution in [0, 0.1) is 0 Å². The third-order valence-corrected chi connectivity index (χ3v) is 3.21. The van der Waals surface area contributed by atoms with Gasteiger partial charge in [0.05, 0.1) is 12.2 Å². The summed E-state index contributed by atoms with van der Waals surface area (Å²) in [5, 5.41) is 2.98. The molecular formula is C15H17NO3. The van der Waals surface area contributed by atoms with Gasteiger partial charge in [0, 0.05) is 11.6 Å². The molecule has 1 saturated carbocycles. The van der Waals surface area contributed by atoms with Crippen molar-refractivity contribution in [1.82, 2.24) is 5.32 Å². The lowest BCUT2D eigenvalue weighted by Crippen LogP contribution is -2.30. The molecule has 2 aliphatic rings. The zero-order valence-electron chi connectivity index (χ0n) is 10.9. The minimum Gasteiger partial charge on any atom is -0.494 e. The molecule has 0 saturated heterocycles. The number of hydrogen-bond acceptors (Lipinski definition) is 3. The van der Waals surface area contributed by atoms with E-state index < -0.39 is 0 Å². The first kappa shape index (κ1) is 12.1. The standard InChI is InChI=1S/C15H17NO3/c1-2-18-13-5-6-14-10(8-13)7-11(9-19-14)15(17)16-12-3-4-12/h5-8,12H,2-4,9H2,1H3,(H,16,17). The highest BCUT2D eigenvalue weighted by molar-refractivity contribution is 5.99. The predicted octanol–water partition coefficient (Wildman–Crippen LogP) is 2.14. The van der Waals surface area contributed by atoms with Gasteiger partial charge in [-0.1, -0.05) is 0 Å². The smallest absolute Gasteiger partial charge is 0.250 e. The summed E-state index contributed by atoms with van der Waals surface area (Å²) in [6, 6.07) is 6.03. The number of amides is 1. The van der Waals surface area contributed by atoms with Crippen LogP contribution in [0.4, 0.5) is 0 Å². The van der Waals surface area contributed by atoms with Gasteiger partial charge in [-0.15, -0.1) is 0 Å². The fraction of sp³-hybridized carbons (Fsp3) is 0.400. The van der Waals surface area contributed by atoms with Crippen LogP contribution in [0.15, 0.2) is 23.8 Å². The lowest BCUT2D eigenvalue weighted by Gasteiger charge is -2.18. The van der Waals surface area contributed by atoms with E-state index >= 15 is 0 Å². The molecule has 0 atom stereocenters. The molecule has 100 valence electrons. The lowest BCUT2D eigenvalue weighted by molar-refractivity contribution is -0.117. The summed E-state index contributed by atoms with van der Waals surface area (Å²) in [6.07, 6.45) is 4.06. The highest BCUT2D eigenvalue weighted by atomic mass is 16.5. The molecule has 0 bridgehead atoms. The molecule has 19 heavy (non-hydrogen) atoms. The molecule has 0 aromatic heterocycles. The first-order valence-electron chi connectivity index (χ1n) is 6.67. The van der Waals surface area contributed by atoms with Gasteiger partial charge in [0.15, 0.2) is 0 Å². The van der Waals surface area contributed by atoms with Crippen LogP contribution in [0.25, 0.3) is 6.08 Å². The van der Waals surface area contributed by atoms with E-state index in [-0.39, 0.29) is 5.91 Å².